The van der Waals surface area contributed by atoms with E-state index in [1.54, 1.807) is 0 Å². The molecule has 1 aliphatic heterocycles. The minimum atomic E-state index is 0.579. The normalized spacial score (nSPS) is 14.2. The Hall–Kier alpha value is -1.71. The Morgan fingerprint density at radius 2 is 1.58 bits per heavy atom. The zero-order valence-electron chi connectivity index (χ0n) is 6.60. The Balaban J connectivity index is 2.29. The highest BCUT2D eigenvalue weighted by atomic mass is 15.6. The van der Waals surface area contributed by atoms with Crippen molar-refractivity contribution in [1.82, 2.24) is 0 Å². The van der Waals surface area contributed by atoms with Gasteiger partial charge in [0.15, 0.2) is 5.56 Å². The summed E-state index contributed by atoms with van der Waals surface area (Å²) in [6.45, 7) is 2.03. The Bertz CT molecular complexity index is 313. The van der Waals surface area contributed by atoms with E-state index in [1.807, 2.05) is 31.2 Å². The summed E-state index contributed by atoms with van der Waals surface area (Å²) < 4.78 is 0. The molecule has 2 rings (SSSR count). The van der Waals surface area contributed by atoms with Gasteiger partial charge in [0.25, 0.3) is 0 Å². The highest BCUT2D eigenvalue weighted by Gasteiger charge is 2.21. The Morgan fingerprint density at radius 3 is 2.17 bits per heavy atom. The van der Waals surface area contributed by atoms with Crippen molar-refractivity contribution in [1.29, 1.82) is 0 Å². The Morgan fingerprint density at radius 1 is 1.00 bits per heavy atom. The van der Waals surface area contributed by atoms with E-state index in [4.69, 9.17) is 0 Å². The molecule has 0 N–H and O–H groups in total. The number of hydrogen-bond donors (Lipinski definition) is 0. The first-order valence-electron chi connectivity index (χ1n) is 3.62. The maximum atomic E-state index is 3.74. The van der Waals surface area contributed by atoms with E-state index in [9.17, 15) is 0 Å². The number of aryl methyl sites for hydroxylation is 1. The average Bonchev–Trinajstić information content (AvgIpc) is 2.58. The van der Waals surface area contributed by atoms with E-state index in [1.165, 1.54) is 5.56 Å². The van der Waals surface area contributed by atoms with Crippen LogP contribution in [0.25, 0.3) is 0 Å². The van der Waals surface area contributed by atoms with Crippen LogP contribution in [0, 0.1) is 13.1 Å². The van der Waals surface area contributed by atoms with Crippen LogP contribution in [0.5, 0.6) is 0 Å². The van der Waals surface area contributed by atoms with Gasteiger partial charge in [-0.3, -0.25) is 0 Å². The van der Waals surface area contributed by atoms with Crippen LogP contribution >= 0.6 is 0 Å². The van der Waals surface area contributed by atoms with Gasteiger partial charge < -0.3 is 0 Å². The van der Waals surface area contributed by atoms with Gasteiger partial charge in [-0.15, -0.1) is 0 Å². The summed E-state index contributed by atoms with van der Waals surface area (Å²) in [7, 11) is 0. The third-order valence-electron chi connectivity index (χ3n) is 1.63. The predicted octanol–water partition coefficient (Wildman–Crippen LogP) is 2.67. The summed E-state index contributed by atoms with van der Waals surface area (Å²) in [6, 6.07) is 7.92. The summed E-state index contributed by atoms with van der Waals surface area (Å²) in [5.74, 6) is 0. The lowest BCUT2D eigenvalue weighted by Gasteiger charge is -1.90. The van der Waals surface area contributed by atoms with Crippen molar-refractivity contribution in [2.24, 2.45) is 20.7 Å². The summed E-state index contributed by atoms with van der Waals surface area (Å²) in [4.78, 5) is 0. The van der Waals surface area contributed by atoms with Crippen LogP contribution < -0.4 is 0 Å². The molecule has 0 atom stereocenters. The molecule has 4 heteroatoms. The summed E-state index contributed by atoms with van der Waals surface area (Å²) in [5, 5.41) is 14.3. The largest absolute Gasteiger partial charge is 0.313 e. The van der Waals surface area contributed by atoms with E-state index in [0.29, 0.717) is 6.17 Å². The highest BCUT2D eigenvalue weighted by molar-refractivity contribution is 5.31. The highest BCUT2D eigenvalue weighted by Crippen LogP contribution is 2.22. The van der Waals surface area contributed by atoms with E-state index < -0.39 is 0 Å². The fraction of sp³-hybridized carbons (Fsp3) is 0.125. The molecule has 0 saturated heterocycles. The average molecular weight is 159 g/mol. The lowest BCUT2D eigenvalue weighted by atomic mass is 10.1. The third-order valence-corrected chi connectivity index (χ3v) is 1.63. The van der Waals surface area contributed by atoms with Gasteiger partial charge in [0.1, 0.15) is 0 Å². The van der Waals surface area contributed by atoms with Crippen molar-refractivity contribution in [3.63, 3.8) is 0 Å². The first kappa shape index (κ1) is 6.97. The lowest BCUT2D eigenvalue weighted by Crippen LogP contribution is -1.88. The number of hydrogen-bond acceptors (Lipinski definition) is 4. The molecule has 0 aromatic heterocycles. The monoisotopic (exact) mass is 159 g/mol. The van der Waals surface area contributed by atoms with Crippen LogP contribution in [0.15, 0.2) is 44.9 Å². The van der Waals surface area contributed by atoms with E-state index >= 15 is 0 Å². The second-order valence-corrected chi connectivity index (χ2v) is 2.57. The van der Waals surface area contributed by atoms with E-state index in [2.05, 4.69) is 20.7 Å². The fourth-order valence-corrected chi connectivity index (χ4v) is 0.963. The SMILES string of the molecule is Cc1ccc([C+]2N=NN=N2)cc1. The predicted molar refractivity (Wildman–Crippen MR) is 43.2 cm³/mol. The smallest absolute Gasteiger partial charge is 0.0374 e. The van der Waals surface area contributed by atoms with Crippen LogP contribution in [-0.2, 0) is 0 Å². The number of rotatable bonds is 1. The molecule has 1 heterocycles. The van der Waals surface area contributed by atoms with Gasteiger partial charge in [0.05, 0.1) is 12.1 Å². The minimum absolute atomic E-state index is 0.579. The second kappa shape index (κ2) is 2.73. The third kappa shape index (κ3) is 1.18. The van der Waals surface area contributed by atoms with Crippen LogP contribution in [0.4, 0.5) is 0 Å². The topological polar surface area (TPSA) is 49.4 Å². The molecule has 0 saturated carbocycles. The Kier molecular flexibility index (Phi) is 1.59. The van der Waals surface area contributed by atoms with Gasteiger partial charge >= 0.3 is 6.17 Å². The van der Waals surface area contributed by atoms with Crippen molar-refractivity contribution in [2.75, 3.05) is 0 Å². The molecule has 58 valence electrons. The van der Waals surface area contributed by atoms with Crippen molar-refractivity contribution < 1.29 is 0 Å². The minimum Gasteiger partial charge on any atom is -0.0374 e. The Labute approximate surface area is 70.0 Å². The number of nitrogens with zero attached hydrogens (tertiary/aromatic N) is 4. The first-order chi connectivity index (χ1) is 5.86. The quantitative estimate of drug-likeness (QED) is 0.565. The molecular formula is C8H7N4+. The summed E-state index contributed by atoms with van der Waals surface area (Å²) >= 11 is 0. The zero-order valence-corrected chi connectivity index (χ0v) is 6.60. The molecule has 4 nitrogen and oxygen atoms in total. The van der Waals surface area contributed by atoms with Crippen LogP contribution in [-0.4, -0.2) is 0 Å². The van der Waals surface area contributed by atoms with Crippen molar-refractivity contribution >= 4 is 0 Å². The van der Waals surface area contributed by atoms with E-state index in [-0.39, 0.29) is 0 Å². The molecule has 1 aromatic carbocycles. The van der Waals surface area contributed by atoms with Gasteiger partial charge in [-0.25, -0.2) is 0 Å². The van der Waals surface area contributed by atoms with Gasteiger partial charge in [-0.2, -0.15) is 0 Å². The molecule has 0 spiro atoms. The van der Waals surface area contributed by atoms with Gasteiger partial charge in [0.2, 0.25) is 0 Å². The van der Waals surface area contributed by atoms with Crippen molar-refractivity contribution in [3.8, 4) is 0 Å². The second-order valence-electron chi connectivity index (χ2n) is 2.57. The molecule has 12 heavy (non-hydrogen) atoms. The lowest BCUT2D eigenvalue weighted by molar-refractivity contribution is 1.02. The molecule has 0 amide bonds. The maximum Gasteiger partial charge on any atom is 0.313 e. The summed E-state index contributed by atoms with van der Waals surface area (Å²) in [5.41, 5.74) is 2.16. The van der Waals surface area contributed by atoms with Crippen LogP contribution in [0.2, 0.25) is 0 Å². The molecule has 0 fully saturated rings. The first-order valence-corrected chi connectivity index (χ1v) is 3.62. The molecule has 0 unspecified atom stereocenters. The van der Waals surface area contributed by atoms with Gasteiger partial charge in [0, 0.05) is 0 Å². The molecular weight excluding hydrogens is 152 g/mol. The summed E-state index contributed by atoms with van der Waals surface area (Å²) in [6.07, 6.45) is 0.579. The van der Waals surface area contributed by atoms with Gasteiger partial charge in [-0.1, -0.05) is 0 Å². The molecule has 1 aliphatic rings. The number of benzene rings is 1. The standard InChI is InChI=1S/C8H7N4/c1-6-2-4-7(5-3-6)8-9-11-12-10-8/h2-5H,1H3/q+1. The zero-order chi connectivity index (χ0) is 8.39. The van der Waals surface area contributed by atoms with Crippen LogP contribution in [0.3, 0.4) is 0 Å². The van der Waals surface area contributed by atoms with Crippen molar-refractivity contribution in [3.05, 3.63) is 41.6 Å². The van der Waals surface area contributed by atoms with Gasteiger partial charge in [-0.05, 0) is 45.3 Å². The van der Waals surface area contributed by atoms with E-state index in [0.717, 1.165) is 5.56 Å². The molecule has 1 aromatic rings. The molecule has 0 bridgehead atoms. The van der Waals surface area contributed by atoms with Crippen LogP contribution in [0.1, 0.15) is 11.1 Å². The fourth-order valence-electron chi connectivity index (χ4n) is 0.963. The van der Waals surface area contributed by atoms with Crippen molar-refractivity contribution in [2.45, 2.75) is 6.92 Å². The maximum absolute atomic E-state index is 3.74. The molecule has 0 aliphatic carbocycles. The molecule has 0 radical (unpaired) electrons.